The molecule has 0 aliphatic carbocycles. The van der Waals surface area contributed by atoms with E-state index in [2.05, 4.69) is 39.5 Å². The maximum Gasteiger partial charge on any atom is 0.0401 e. The molecule has 1 aliphatic heterocycles. The number of pyridine rings is 1. The Hall–Kier alpha value is -2.03. The van der Waals surface area contributed by atoms with Gasteiger partial charge in [0.15, 0.2) is 0 Å². The number of rotatable bonds is 4. The molecule has 1 aromatic carbocycles. The topological polar surface area (TPSA) is 28.2 Å². The van der Waals surface area contributed by atoms with Gasteiger partial charge in [-0.2, -0.15) is 0 Å². The van der Waals surface area contributed by atoms with Crippen molar-refractivity contribution < 1.29 is 0 Å². The van der Waals surface area contributed by atoms with E-state index < -0.39 is 0 Å². The predicted octanol–water partition coefficient (Wildman–Crippen LogP) is 3.29. The van der Waals surface area contributed by atoms with Crippen LogP contribution in [0.2, 0.25) is 0 Å². The molecular formula is C16H19N3. The molecular weight excluding hydrogens is 234 g/mol. The second kappa shape index (κ2) is 5.74. The highest BCUT2D eigenvalue weighted by Crippen LogP contribution is 2.22. The zero-order valence-electron chi connectivity index (χ0n) is 11.0. The van der Waals surface area contributed by atoms with Gasteiger partial charge in [-0.05, 0) is 54.8 Å². The fourth-order valence-electron chi connectivity index (χ4n) is 2.47. The third-order valence-corrected chi connectivity index (χ3v) is 3.58. The van der Waals surface area contributed by atoms with Crippen molar-refractivity contribution in [1.82, 2.24) is 4.98 Å². The number of aromatic nitrogens is 1. The van der Waals surface area contributed by atoms with Crippen molar-refractivity contribution in [3.05, 3.63) is 54.4 Å². The minimum atomic E-state index is 0.839. The van der Waals surface area contributed by atoms with Crippen LogP contribution in [0.5, 0.6) is 0 Å². The minimum absolute atomic E-state index is 0.839. The van der Waals surface area contributed by atoms with Crippen molar-refractivity contribution in [2.75, 3.05) is 23.3 Å². The van der Waals surface area contributed by atoms with Gasteiger partial charge >= 0.3 is 0 Å². The molecule has 3 rings (SSSR count). The molecule has 1 N–H and O–H groups in total. The van der Waals surface area contributed by atoms with Crippen molar-refractivity contribution in [2.45, 2.75) is 19.4 Å². The fourth-order valence-corrected chi connectivity index (χ4v) is 2.47. The molecule has 0 amide bonds. The summed E-state index contributed by atoms with van der Waals surface area (Å²) in [6.45, 7) is 3.24. The second-order valence-electron chi connectivity index (χ2n) is 4.95. The Morgan fingerprint density at radius 2 is 1.63 bits per heavy atom. The lowest BCUT2D eigenvalue weighted by Crippen LogP contribution is -2.17. The van der Waals surface area contributed by atoms with Gasteiger partial charge in [0.05, 0.1) is 0 Å². The van der Waals surface area contributed by atoms with E-state index in [-0.39, 0.29) is 0 Å². The van der Waals surface area contributed by atoms with E-state index in [0.717, 1.165) is 6.54 Å². The summed E-state index contributed by atoms with van der Waals surface area (Å²) in [6, 6.07) is 12.8. The van der Waals surface area contributed by atoms with Gasteiger partial charge in [0.1, 0.15) is 0 Å². The third kappa shape index (κ3) is 3.05. The van der Waals surface area contributed by atoms with Gasteiger partial charge in [-0.1, -0.05) is 0 Å². The van der Waals surface area contributed by atoms with Crippen LogP contribution in [-0.4, -0.2) is 18.1 Å². The number of hydrogen-bond donors (Lipinski definition) is 1. The Morgan fingerprint density at radius 1 is 0.947 bits per heavy atom. The van der Waals surface area contributed by atoms with E-state index in [1.54, 1.807) is 0 Å². The maximum absolute atomic E-state index is 4.02. The summed E-state index contributed by atoms with van der Waals surface area (Å²) >= 11 is 0. The molecule has 0 radical (unpaired) electrons. The van der Waals surface area contributed by atoms with Crippen molar-refractivity contribution >= 4 is 11.4 Å². The van der Waals surface area contributed by atoms with Crippen LogP contribution < -0.4 is 10.2 Å². The van der Waals surface area contributed by atoms with Crippen LogP contribution in [0.4, 0.5) is 11.4 Å². The van der Waals surface area contributed by atoms with Crippen LogP contribution in [0.3, 0.4) is 0 Å². The van der Waals surface area contributed by atoms with Gasteiger partial charge in [-0.15, -0.1) is 0 Å². The average Bonchev–Trinajstić information content (AvgIpc) is 3.01. The van der Waals surface area contributed by atoms with Crippen molar-refractivity contribution in [2.24, 2.45) is 0 Å². The van der Waals surface area contributed by atoms with Crippen LogP contribution in [0.1, 0.15) is 18.4 Å². The third-order valence-electron chi connectivity index (χ3n) is 3.58. The fraction of sp³-hybridized carbons (Fsp3) is 0.312. The number of benzene rings is 1. The molecule has 19 heavy (non-hydrogen) atoms. The van der Waals surface area contributed by atoms with Crippen LogP contribution in [0.25, 0.3) is 0 Å². The lowest BCUT2D eigenvalue weighted by Gasteiger charge is -2.18. The lowest BCUT2D eigenvalue weighted by molar-refractivity contribution is 0.949. The van der Waals surface area contributed by atoms with E-state index in [1.165, 1.54) is 42.9 Å². The standard InChI is InChI=1S/C16H19N3/c1-2-12-19(11-1)16-5-3-15(4-6-16)18-13-14-7-9-17-10-8-14/h3-10,18H,1-2,11-13H2. The highest BCUT2D eigenvalue weighted by atomic mass is 15.1. The summed E-state index contributed by atoms with van der Waals surface area (Å²) in [5.41, 5.74) is 3.75. The smallest absolute Gasteiger partial charge is 0.0401 e. The zero-order valence-corrected chi connectivity index (χ0v) is 11.0. The van der Waals surface area contributed by atoms with Crippen molar-refractivity contribution in [3.8, 4) is 0 Å². The van der Waals surface area contributed by atoms with Crippen molar-refractivity contribution in [1.29, 1.82) is 0 Å². The molecule has 0 bridgehead atoms. The molecule has 0 saturated carbocycles. The average molecular weight is 253 g/mol. The van der Waals surface area contributed by atoms with E-state index in [0.29, 0.717) is 0 Å². The highest BCUT2D eigenvalue weighted by Gasteiger charge is 2.11. The number of anilines is 2. The molecule has 1 fully saturated rings. The van der Waals surface area contributed by atoms with Crippen molar-refractivity contribution in [3.63, 3.8) is 0 Å². The van der Waals surface area contributed by atoms with Gasteiger partial charge in [0.25, 0.3) is 0 Å². The quantitative estimate of drug-likeness (QED) is 0.906. The maximum atomic E-state index is 4.02. The first-order valence-corrected chi connectivity index (χ1v) is 6.89. The summed E-state index contributed by atoms with van der Waals surface area (Å²) in [7, 11) is 0. The summed E-state index contributed by atoms with van der Waals surface area (Å²) in [5, 5.41) is 3.43. The van der Waals surface area contributed by atoms with Gasteiger partial charge in [-0.25, -0.2) is 0 Å². The number of nitrogens with one attached hydrogen (secondary N) is 1. The second-order valence-corrected chi connectivity index (χ2v) is 4.95. The monoisotopic (exact) mass is 253 g/mol. The highest BCUT2D eigenvalue weighted by molar-refractivity contribution is 5.55. The Balaban J connectivity index is 1.60. The Bertz CT molecular complexity index is 501. The predicted molar refractivity (Wildman–Crippen MR) is 79.5 cm³/mol. The molecule has 3 nitrogen and oxygen atoms in total. The molecule has 0 spiro atoms. The Morgan fingerprint density at radius 3 is 2.32 bits per heavy atom. The zero-order chi connectivity index (χ0) is 12.9. The normalized spacial score (nSPS) is 14.6. The number of nitrogens with zero attached hydrogens (tertiary/aromatic N) is 2. The molecule has 2 heterocycles. The SMILES string of the molecule is c1cc(CNc2ccc(N3CCCC3)cc2)ccn1. The molecule has 0 unspecified atom stereocenters. The molecule has 3 heteroatoms. The molecule has 1 aliphatic rings. The van der Waals surface area contributed by atoms with E-state index >= 15 is 0 Å². The molecule has 1 aromatic heterocycles. The first kappa shape index (κ1) is 12.0. The van der Waals surface area contributed by atoms with Crippen LogP contribution in [0, 0.1) is 0 Å². The van der Waals surface area contributed by atoms with Crippen LogP contribution in [-0.2, 0) is 6.54 Å². The molecule has 2 aromatic rings. The van der Waals surface area contributed by atoms with Gasteiger partial charge in [0.2, 0.25) is 0 Å². The molecule has 98 valence electrons. The van der Waals surface area contributed by atoms with E-state index in [9.17, 15) is 0 Å². The van der Waals surface area contributed by atoms with Gasteiger partial charge < -0.3 is 10.2 Å². The largest absolute Gasteiger partial charge is 0.381 e. The summed E-state index contributed by atoms with van der Waals surface area (Å²) in [6.07, 6.45) is 6.30. The first-order valence-electron chi connectivity index (χ1n) is 6.89. The van der Waals surface area contributed by atoms with Crippen LogP contribution >= 0.6 is 0 Å². The summed E-state index contributed by atoms with van der Waals surface area (Å²) in [5.74, 6) is 0. The van der Waals surface area contributed by atoms with Crippen LogP contribution in [0.15, 0.2) is 48.8 Å². The minimum Gasteiger partial charge on any atom is -0.381 e. The first-order chi connectivity index (χ1) is 9.42. The van der Waals surface area contributed by atoms with E-state index in [4.69, 9.17) is 0 Å². The Kier molecular flexibility index (Phi) is 3.63. The van der Waals surface area contributed by atoms with E-state index in [1.807, 2.05) is 24.5 Å². The van der Waals surface area contributed by atoms with Gasteiger partial charge in [-0.3, -0.25) is 4.98 Å². The molecule has 1 saturated heterocycles. The van der Waals surface area contributed by atoms with Gasteiger partial charge in [0, 0.05) is 43.4 Å². The molecule has 0 atom stereocenters. The summed E-state index contributed by atoms with van der Waals surface area (Å²) < 4.78 is 0. The summed E-state index contributed by atoms with van der Waals surface area (Å²) in [4.78, 5) is 6.47. The Labute approximate surface area is 114 Å². The number of hydrogen-bond acceptors (Lipinski definition) is 3. The lowest BCUT2D eigenvalue weighted by atomic mass is 10.2.